The number of aliphatic hydroxyl groups excluding tert-OH is 1. The van der Waals surface area contributed by atoms with Gasteiger partial charge >= 0.3 is 0 Å². The minimum absolute atomic E-state index is 0.239. The molecule has 0 spiro atoms. The van der Waals surface area contributed by atoms with Gasteiger partial charge in [-0.25, -0.2) is 0 Å². The zero-order chi connectivity index (χ0) is 7.40. The van der Waals surface area contributed by atoms with Gasteiger partial charge in [-0.2, -0.15) is 0 Å². The zero-order valence-electron chi connectivity index (χ0n) is 5.46. The summed E-state index contributed by atoms with van der Waals surface area (Å²) < 4.78 is 1.01. The van der Waals surface area contributed by atoms with Gasteiger partial charge in [0.2, 0.25) is 0 Å². The molecule has 0 aliphatic carbocycles. The lowest BCUT2D eigenvalue weighted by atomic mass is 10.2. The van der Waals surface area contributed by atoms with E-state index in [2.05, 4.69) is 22.6 Å². The van der Waals surface area contributed by atoms with Gasteiger partial charge in [0, 0.05) is 9.30 Å². The number of alkyl halides is 1. The number of thiophene rings is 1. The molecular formula is C7H9IOS. The maximum Gasteiger partial charge on any atom is 0.0889 e. The molecule has 56 valence electrons. The molecule has 0 saturated heterocycles. The normalized spacial score (nSPS) is 13.4. The van der Waals surface area contributed by atoms with E-state index in [4.69, 9.17) is 0 Å². The molecule has 1 aromatic heterocycles. The summed E-state index contributed by atoms with van der Waals surface area (Å²) in [5.41, 5.74) is 0. The van der Waals surface area contributed by atoms with Gasteiger partial charge in [-0.05, 0) is 17.9 Å². The quantitative estimate of drug-likeness (QED) is 0.660. The van der Waals surface area contributed by atoms with Crippen molar-refractivity contribution in [2.45, 2.75) is 12.5 Å². The molecule has 1 nitrogen and oxygen atoms in total. The lowest BCUT2D eigenvalue weighted by Crippen LogP contribution is -1.93. The third-order valence-corrected chi connectivity index (χ3v) is 2.85. The average molecular weight is 268 g/mol. The Morgan fingerprint density at radius 1 is 1.70 bits per heavy atom. The Labute approximate surface area is 78.2 Å². The van der Waals surface area contributed by atoms with Gasteiger partial charge in [0.15, 0.2) is 0 Å². The number of hydrogen-bond donors (Lipinski definition) is 1. The van der Waals surface area contributed by atoms with Gasteiger partial charge in [-0.1, -0.05) is 28.7 Å². The molecule has 1 atom stereocenters. The second-order valence-electron chi connectivity index (χ2n) is 2.01. The summed E-state index contributed by atoms with van der Waals surface area (Å²) in [5.74, 6) is 0. The van der Waals surface area contributed by atoms with Crippen molar-refractivity contribution in [1.29, 1.82) is 0 Å². The molecule has 0 aliphatic rings. The Morgan fingerprint density at radius 3 is 3.00 bits per heavy atom. The highest BCUT2D eigenvalue weighted by molar-refractivity contribution is 14.1. The predicted molar refractivity (Wildman–Crippen MR) is 52.8 cm³/mol. The van der Waals surface area contributed by atoms with Crippen molar-refractivity contribution in [2.75, 3.05) is 4.43 Å². The van der Waals surface area contributed by atoms with Crippen molar-refractivity contribution in [3.05, 3.63) is 22.4 Å². The zero-order valence-corrected chi connectivity index (χ0v) is 8.43. The number of halogens is 1. The van der Waals surface area contributed by atoms with E-state index in [-0.39, 0.29) is 6.10 Å². The third-order valence-electron chi connectivity index (χ3n) is 1.25. The van der Waals surface area contributed by atoms with E-state index in [1.54, 1.807) is 11.3 Å². The molecule has 0 aromatic carbocycles. The van der Waals surface area contributed by atoms with E-state index in [1.807, 2.05) is 17.5 Å². The van der Waals surface area contributed by atoms with Gasteiger partial charge in [0.05, 0.1) is 6.10 Å². The Morgan fingerprint density at radius 2 is 2.50 bits per heavy atom. The Bertz CT molecular complexity index is 174. The first-order chi connectivity index (χ1) is 4.84. The van der Waals surface area contributed by atoms with Crippen LogP contribution in [0.25, 0.3) is 0 Å². The molecular weight excluding hydrogens is 259 g/mol. The number of rotatable bonds is 3. The van der Waals surface area contributed by atoms with Crippen molar-refractivity contribution in [3.8, 4) is 0 Å². The van der Waals surface area contributed by atoms with E-state index in [1.165, 1.54) is 0 Å². The summed E-state index contributed by atoms with van der Waals surface area (Å²) in [5, 5.41) is 11.4. The predicted octanol–water partition coefficient (Wildman–Crippen LogP) is 2.61. The topological polar surface area (TPSA) is 20.2 Å². The first-order valence-corrected chi connectivity index (χ1v) is 5.52. The molecule has 1 rings (SSSR count). The molecule has 1 aromatic rings. The fourth-order valence-electron chi connectivity index (χ4n) is 0.726. The second kappa shape index (κ2) is 4.31. The van der Waals surface area contributed by atoms with Crippen LogP contribution >= 0.6 is 33.9 Å². The lowest BCUT2D eigenvalue weighted by Gasteiger charge is -2.03. The summed E-state index contributed by atoms with van der Waals surface area (Å²) in [6, 6.07) is 3.94. The lowest BCUT2D eigenvalue weighted by molar-refractivity contribution is 0.179. The van der Waals surface area contributed by atoms with E-state index in [0.717, 1.165) is 15.7 Å². The average Bonchev–Trinajstić information content (AvgIpc) is 2.38. The van der Waals surface area contributed by atoms with Crippen molar-refractivity contribution < 1.29 is 5.11 Å². The fourth-order valence-corrected chi connectivity index (χ4v) is 2.06. The smallest absolute Gasteiger partial charge is 0.0889 e. The molecule has 0 bridgehead atoms. The molecule has 0 amide bonds. The van der Waals surface area contributed by atoms with Crippen LogP contribution in [0.4, 0.5) is 0 Å². The molecule has 0 aliphatic heterocycles. The third kappa shape index (κ3) is 2.21. The van der Waals surface area contributed by atoms with E-state index < -0.39 is 0 Å². The highest BCUT2D eigenvalue weighted by atomic mass is 127. The van der Waals surface area contributed by atoms with Crippen LogP contribution in [-0.2, 0) is 0 Å². The number of aliphatic hydroxyl groups is 1. The standard InChI is InChI=1S/C7H9IOS/c8-4-3-6(9)7-2-1-5-10-7/h1-2,5-6,9H,3-4H2. The van der Waals surface area contributed by atoms with Crippen molar-refractivity contribution in [2.24, 2.45) is 0 Å². The van der Waals surface area contributed by atoms with Gasteiger partial charge in [0.25, 0.3) is 0 Å². The van der Waals surface area contributed by atoms with E-state index in [0.29, 0.717) is 0 Å². The Kier molecular flexibility index (Phi) is 3.65. The van der Waals surface area contributed by atoms with Crippen molar-refractivity contribution >= 4 is 33.9 Å². The van der Waals surface area contributed by atoms with Gasteiger partial charge < -0.3 is 5.11 Å². The SMILES string of the molecule is OC(CCI)c1cccs1. The summed E-state index contributed by atoms with van der Waals surface area (Å²) in [4.78, 5) is 1.08. The maximum atomic E-state index is 9.42. The first-order valence-electron chi connectivity index (χ1n) is 3.12. The van der Waals surface area contributed by atoms with Gasteiger partial charge in [0.1, 0.15) is 0 Å². The van der Waals surface area contributed by atoms with Gasteiger partial charge in [-0.15, -0.1) is 11.3 Å². The van der Waals surface area contributed by atoms with Crippen LogP contribution in [0.5, 0.6) is 0 Å². The molecule has 1 heterocycles. The van der Waals surface area contributed by atoms with Crippen molar-refractivity contribution in [1.82, 2.24) is 0 Å². The molecule has 0 fully saturated rings. The first kappa shape index (κ1) is 8.49. The molecule has 0 saturated carbocycles. The Hall–Kier alpha value is 0.390. The Balaban J connectivity index is 2.50. The molecule has 1 N–H and O–H groups in total. The van der Waals surface area contributed by atoms with Crippen LogP contribution in [0.3, 0.4) is 0 Å². The molecule has 3 heteroatoms. The van der Waals surface area contributed by atoms with E-state index >= 15 is 0 Å². The van der Waals surface area contributed by atoms with Crippen LogP contribution in [0, 0.1) is 0 Å². The molecule has 1 unspecified atom stereocenters. The van der Waals surface area contributed by atoms with Crippen molar-refractivity contribution in [3.63, 3.8) is 0 Å². The summed E-state index contributed by atoms with van der Waals surface area (Å²) in [6.45, 7) is 0. The van der Waals surface area contributed by atoms with Gasteiger partial charge in [-0.3, -0.25) is 0 Å². The summed E-state index contributed by atoms with van der Waals surface area (Å²) in [6.07, 6.45) is 0.623. The summed E-state index contributed by atoms with van der Waals surface area (Å²) in [7, 11) is 0. The van der Waals surface area contributed by atoms with Crippen LogP contribution < -0.4 is 0 Å². The van der Waals surface area contributed by atoms with Crippen LogP contribution in [-0.4, -0.2) is 9.53 Å². The fraction of sp³-hybridized carbons (Fsp3) is 0.429. The largest absolute Gasteiger partial charge is 0.388 e. The molecule has 0 radical (unpaired) electrons. The summed E-state index contributed by atoms with van der Waals surface area (Å²) >= 11 is 3.89. The van der Waals surface area contributed by atoms with Crippen LogP contribution in [0.2, 0.25) is 0 Å². The maximum absolute atomic E-state index is 9.42. The highest BCUT2D eigenvalue weighted by Crippen LogP contribution is 2.21. The minimum Gasteiger partial charge on any atom is -0.388 e. The monoisotopic (exact) mass is 268 g/mol. The minimum atomic E-state index is -0.239. The molecule has 10 heavy (non-hydrogen) atoms. The van der Waals surface area contributed by atoms with E-state index in [9.17, 15) is 5.11 Å². The number of hydrogen-bond acceptors (Lipinski definition) is 2. The van der Waals surface area contributed by atoms with Crippen LogP contribution in [0.15, 0.2) is 17.5 Å². The highest BCUT2D eigenvalue weighted by Gasteiger charge is 2.05. The van der Waals surface area contributed by atoms with Crippen LogP contribution in [0.1, 0.15) is 17.4 Å². The second-order valence-corrected chi connectivity index (χ2v) is 4.07.